The van der Waals surface area contributed by atoms with Crippen molar-refractivity contribution < 1.29 is 0 Å². The molecule has 1 aromatic heterocycles. The highest BCUT2D eigenvalue weighted by Crippen LogP contribution is 2.26. The van der Waals surface area contributed by atoms with Gasteiger partial charge in [0.1, 0.15) is 12.0 Å². The summed E-state index contributed by atoms with van der Waals surface area (Å²) in [6.45, 7) is 0. The van der Waals surface area contributed by atoms with Crippen molar-refractivity contribution >= 4 is 5.82 Å². The predicted molar refractivity (Wildman–Crippen MR) is 80.2 cm³/mol. The first-order valence-electron chi connectivity index (χ1n) is 6.40. The third-order valence-corrected chi connectivity index (χ3v) is 3.12. The second-order valence-corrected chi connectivity index (χ2v) is 4.35. The highest BCUT2D eigenvalue weighted by molar-refractivity contribution is 5.73. The average Bonchev–Trinajstić information content (AvgIpc) is 2.56. The van der Waals surface area contributed by atoms with Crippen molar-refractivity contribution in [2.24, 2.45) is 0 Å². The maximum atomic E-state index is 4.17. The Morgan fingerprint density at radius 3 is 2.15 bits per heavy atom. The zero-order valence-electron chi connectivity index (χ0n) is 11.1. The van der Waals surface area contributed by atoms with E-state index >= 15 is 0 Å². The summed E-state index contributed by atoms with van der Waals surface area (Å²) >= 11 is 0. The van der Waals surface area contributed by atoms with Crippen molar-refractivity contribution in [3.8, 4) is 22.4 Å². The van der Waals surface area contributed by atoms with Gasteiger partial charge in [0.25, 0.3) is 0 Å². The Morgan fingerprint density at radius 1 is 0.800 bits per heavy atom. The van der Waals surface area contributed by atoms with E-state index in [0.29, 0.717) is 0 Å². The Balaban J connectivity index is 1.98. The zero-order chi connectivity index (χ0) is 13.8. The lowest BCUT2D eigenvalue weighted by atomic mass is 10.0. The molecule has 0 radical (unpaired) electrons. The molecular weight excluding hydrogens is 248 g/mol. The summed E-state index contributed by atoms with van der Waals surface area (Å²) in [5.74, 6) is 0.729. The molecule has 0 amide bonds. The Kier molecular flexibility index (Phi) is 3.37. The number of hydrogen-bond acceptors (Lipinski definition) is 4. The average molecular weight is 262 g/mol. The third-order valence-electron chi connectivity index (χ3n) is 3.12. The minimum Gasteiger partial charge on any atom is -0.371 e. The Morgan fingerprint density at radius 2 is 1.45 bits per heavy atom. The minimum absolute atomic E-state index is 0.729. The molecule has 4 nitrogen and oxygen atoms in total. The monoisotopic (exact) mass is 262 g/mol. The fraction of sp³-hybridized carbons (Fsp3) is 0.0625. The van der Waals surface area contributed by atoms with Crippen LogP contribution in [0.2, 0.25) is 0 Å². The lowest BCUT2D eigenvalue weighted by Crippen LogP contribution is -1.99. The van der Waals surface area contributed by atoms with E-state index in [2.05, 4.69) is 44.8 Å². The van der Waals surface area contributed by atoms with E-state index < -0.39 is 0 Å². The number of nitrogens with one attached hydrogen (secondary N) is 1. The zero-order valence-corrected chi connectivity index (χ0v) is 11.1. The molecule has 3 rings (SSSR count). The Labute approximate surface area is 117 Å². The van der Waals surface area contributed by atoms with Crippen LogP contribution >= 0.6 is 0 Å². The van der Waals surface area contributed by atoms with Crippen LogP contribution in [0.4, 0.5) is 5.82 Å². The molecule has 4 heteroatoms. The fourth-order valence-corrected chi connectivity index (χ4v) is 2.10. The van der Waals surface area contributed by atoms with Gasteiger partial charge in [0.15, 0.2) is 5.82 Å². The van der Waals surface area contributed by atoms with Crippen LogP contribution < -0.4 is 5.32 Å². The van der Waals surface area contributed by atoms with Gasteiger partial charge >= 0.3 is 0 Å². The summed E-state index contributed by atoms with van der Waals surface area (Å²) in [4.78, 5) is 4.17. The van der Waals surface area contributed by atoms with Crippen molar-refractivity contribution in [2.75, 3.05) is 12.4 Å². The number of hydrogen-bond donors (Lipinski definition) is 1. The van der Waals surface area contributed by atoms with Gasteiger partial charge in [-0.2, -0.15) is 0 Å². The number of anilines is 1. The van der Waals surface area contributed by atoms with Gasteiger partial charge in [-0.15, -0.1) is 10.2 Å². The predicted octanol–water partition coefficient (Wildman–Crippen LogP) is 3.25. The van der Waals surface area contributed by atoms with E-state index in [1.165, 1.54) is 17.5 Å². The topological polar surface area (TPSA) is 50.7 Å². The molecular formula is C16H14N4. The van der Waals surface area contributed by atoms with Gasteiger partial charge in [-0.05, 0) is 11.1 Å². The van der Waals surface area contributed by atoms with Gasteiger partial charge in [0.2, 0.25) is 0 Å². The molecule has 0 unspecified atom stereocenters. The first kappa shape index (κ1) is 12.3. The molecule has 0 atom stereocenters. The summed E-state index contributed by atoms with van der Waals surface area (Å²) in [6.07, 6.45) is 1.44. The van der Waals surface area contributed by atoms with E-state index in [1.54, 1.807) is 0 Å². The third kappa shape index (κ3) is 2.36. The normalized spacial score (nSPS) is 10.2. The molecule has 0 spiro atoms. The maximum Gasteiger partial charge on any atom is 0.156 e. The first-order chi connectivity index (χ1) is 9.88. The van der Waals surface area contributed by atoms with Crippen molar-refractivity contribution in [2.45, 2.75) is 0 Å². The molecule has 1 heterocycles. The van der Waals surface area contributed by atoms with Crippen LogP contribution in [0.15, 0.2) is 60.9 Å². The molecule has 0 aliphatic carbocycles. The van der Waals surface area contributed by atoms with Crippen LogP contribution in [0.25, 0.3) is 22.4 Å². The molecule has 0 aliphatic heterocycles. The van der Waals surface area contributed by atoms with Crippen molar-refractivity contribution in [3.63, 3.8) is 0 Å². The molecule has 3 aromatic rings. The largest absolute Gasteiger partial charge is 0.371 e. The van der Waals surface area contributed by atoms with E-state index in [4.69, 9.17) is 0 Å². The summed E-state index contributed by atoms with van der Waals surface area (Å²) < 4.78 is 0. The van der Waals surface area contributed by atoms with Gasteiger partial charge in [0.05, 0.1) is 0 Å². The Bertz CT molecular complexity index is 693. The summed E-state index contributed by atoms with van der Waals surface area (Å²) in [5, 5.41) is 11.0. The SMILES string of the molecule is CNc1ncnnc1-c1ccc(-c2ccccc2)cc1. The smallest absolute Gasteiger partial charge is 0.156 e. The fourth-order valence-electron chi connectivity index (χ4n) is 2.10. The molecule has 0 fully saturated rings. The lowest BCUT2D eigenvalue weighted by Gasteiger charge is -2.07. The molecule has 98 valence electrons. The quantitative estimate of drug-likeness (QED) is 0.787. The lowest BCUT2D eigenvalue weighted by molar-refractivity contribution is 0.978. The van der Waals surface area contributed by atoms with E-state index in [9.17, 15) is 0 Å². The summed E-state index contributed by atoms with van der Waals surface area (Å²) in [7, 11) is 1.83. The molecule has 2 aromatic carbocycles. The van der Waals surface area contributed by atoms with Crippen LogP contribution in [0.3, 0.4) is 0 Å². The van der Waals surface area contributed by atoms with E-state index in [0.717, 1.165) is 17.1 Å². The van der Waals surface area contributed by atoms with E-state index in [-0.39, 0.29) is 0 Å². The van der Waals surface area contributed by atoms with Crippen LogP contribution in [-0.2, 0) is 0 Å². The van der Waals surface area contributed by atoms with Crippen molar-refractivity contribution in [1.29, 1.82) is 0 Å². The summed E-state index contributed by atoms with van der Waals surface area (Å²) in [6, 6.07) is 18.5. The van der Waals surface area contributed by atoms with Crippen LogP contribution in [0.1, 0.15) is 0 Å². The molecule has 20 heavy (non-hydrogen) atoms. The highest BCUT2D eigenvalue weighted by Gasteiger charge is 2.07. The van der Waals surface area contributed by atoms with Gasteiger partial charge in [-0.1, -0.05) is 54.6 Å². The second kappa shape index (κ2) is 5.48. The molecule has 0 aliphatic rings. The number of nitrogens with zero attached hydrogens (tertiary/aromatic N) is 3. The van der Waals surface area contributed by atoms with Crippen LogP contribution in [-0.4, -0.2) is 22.2 Å². The maximum absolute atomic E-state index is 4.17. The Hall–Kier alpha value is -2.75. The molecule has 0 saturated heterocycles. The first-order valence-corrected chi connectivity index (χ1v) is 6.40. The summed E-state index contributed by atoms with van der Waals surface area (Å²) in [5.41, 5.74) is 4.13. The standard InChI is InChI=1S/C16H14N4/c1-17-16-15(20-19-11-18-16)14-9-7-13(8-10-14)12-5-3-2-4-6-12/h2-11H,1H3,(H,17,18,19). The van der Waals surface area contributed by atoms with Crippen molar-refractivity contribution in [3.05, 3.63) is 60.9 Å². The van der Waals surface area contributed by atoms with Crippen LogP contribution in [0.5, 0.6) is 0 Å². The second-order valence-electron chi connectivity index (χ2n) is 4.35. The molecule has 1 N–H and O–H groups in total. The highest BCUT2D eigenvalue weighted by atomic mass is 15.2. The molecule has 0 saturated carbocycles. The van der Waals surface area contributed by atoms with Gasteiger partial charge in [0, 0.05) is 12.6 Å². The van der Waals surface area contributed by atoms with Crippen molar-refractivity contribution in [1.82, 2.24) is 15.2 Å². The van der Waals surface area contributed by atoms with Gasteiger partial charge in [-0.3, -0.25) is 0 Å². The van der Waals surface area contributed by atoms with Gasteiger partial charge in [-0.25, -0.2) is 4.98 Å². The van der Waals surface area contributed by atoms with E-state index in [1.807, 2.05) is 37.4 Å². The van der Waals surface area contributed by atoms with Crippen LogP contribution in [0, 0.1) is 0 Å². The minimum atomic E-state index is 0.729. The molecule has 0 bridgehead atoms. The van der Waals surface area contributed by atoms with Gasteiger partial charge < -0.3 is 5.32 Å². The number of benzene rings is 2. The number of rotatable bonds is 3. The number of aromatic nitrogens is 3.